The maximum absolute atomic E-state index is 12.3. The maximum atomic E-state index is 12.3. The SMILES string of the molecule is O=C(Oc1ccc(OC(=O)C2[C@@H]3CCCC[C@@H]23)cc1)C1[C@H]2CCCC[C@@H]12. The molecule has 4 aliphatic carbocycles. The monoisotopic (exact) mass is 354 g/mol. The number of esters is 2. The van der Waals surface area contributed by atoms with Crippen molar-refractivity contribution in [2.75, 3.05) is 0 Å². The number of carbonyl (C=O) groups excluding carboxylic acids is 2. The highest BCUT2D eigenvalue weighted by Gasteiger charge is 2.56. The molecule has 1 aromatic rings. The summed E-state index contributed by atoms with van der Waals surface area (Å²) in [4.78, 5) is 24.7. The summed E-state index contributed by atoms with van der Waals surface area (Å²) in [6.07, 6.45) is 9.65. The van der Waals surface area contributed by atoms with Crippen molar-refractivity contribution in [3.05, 3.63) is 24.3 Å². The molecule has 0 amide bonds. The molecule has 1 unspecified atom stereocenters. The third-order valence-corrected chi connectivity index (χ3v) is 7.12. The summed E-state index contributed by atoms with van der Waals surface area (Å²) in [5.74, 6) is 3.33. The summed E-state index contributed by atoms with van der Waals surface area (Å²) in [5.41, 5.74) is 0. The standard InChI is InChI=1S/C22H26O4/c23-21(19-15-5-1-2-6-16(15)19)25-13-9-11-14(12-10-13)26-22(24)20-17-7-3-4-8-18(17)20/h9-12,15-20H,1-8H2/t15-,16-,17-,18+,20?/m1/s1. The molecule has 0 saturated heterocycles. The van der Waals surface area contributed by atoms with Crippen LogP contribution in [0.1, 0.15) is 51.4 Å². The molecule has 1 aromatic carbocycles. The van der Waals surface area contributed by atoms with Gasteiger partial charge in [0.2, 0.25) is 0 Å². The number of hydrogen-bond donors (Lipinski definition) is 0. The number of rotatable bonds is 4. The van der Waals surface area contributed by atoms with E-state index < -0.39 is 0 Å². The third kappa shape index (κ3) is 2.93. The Morgan fingerprint density at radius 2 is 0.923 bits per heavy atom. The van der Waals surface area contributed by atoms with Crippen LogP contribution in [-0.2, 0) is 9.59 Å². The molecule has 0 aromatic heterocycles. The molecule has 0 bridgehead atoms. The van der Waals surface area contributed by atoms with Gasteiger partial charge in [-0.25, -0.2) is 0 Å². The number of carbonyl (C=O) groups is 2. The van der Waals surface area contributed by atoms with Crippen LogP contribution in [0.3, 0.4) is 0 Å². The number of ether oxygens (including phenoxy) is 2. The Morgan fingerprint density at radius 1 is 0.615 bits per heavy atom. The Balaban J connectivity index is 1.15. The Bertz CT molecular complexity index is 624. The van der Waals surface area contributed by atoms with Crippen LogP contribution in [0.15, 0.2) is 24.3 Å². The van der Waals surface area contributed by atoms with Crippen molar-refractivity contribution >= 4 is 11.9 Å². The molecule has 0 radical (unpaired) electrons. The van der Waals surface area contributed by atoms with E-state index in [1.54, 1.807) is 24.3 Å². The lowest BCUT2D eigenvalue weighted by atomic mass is 10.0. The zero-order chi connectivity index (χ0) is 17.7. The van der Waals surface area contributed by atoms with Gasteiger partial charge in [0, 0.05) is 0 Å². The molecule has 4 aliphatic rings. The van der Waals surface area contributed by atoms with Crippen LogP contribution in [0.5, 0.6) is 11.5 Å². The summed E-state index contributed by atoms with van der Waals surface area (Å²) < 4.78 is 11.1. The van der Waals surface area contributed by atoms with Crippen LogP contribution >= 0.6 is 0 Å². The van der Waals surface area contributed by atoms with E-state index in [2.05, 4.69) is 0 Å². The number of hydrogen-bond acceptors (Lipinski definition) is 4. The molecule has 26 heavy (non-hydrogen) atoms. The zero-order valence-electron chi connectivity index (χ0n) is 15.1. The third-order valence-electron chi connectivity index (χ3n) is 7.12. The Morgan fingerprint density at radius 3 is 1.23 bits per heavy atom. The van der Waals surface area contributed by atoms with Gasteiger partial charge in [0.05, 0.1) is 11.8 Å². The van der Waals surface area contributed by atoms with Gasteiger partial charge in [-0.05, 0) is 73.6 Å². The lowest BCUT2D eigenvalue weighted by Crippen LogP contribution is -2.13. The van der Waals surface area contributed by atoms with E-state index in [9.17, 15) is 9.59 Å². The average molecular weight is 354 g/mol. The first-order chi connectivity index (χ1) is 12.7. The van der Waals surface area contributed by atoms with E-state index in [-0.39, 0.29) is 23.8 Å². The lowest BCUT2D eigenvalue weighted by molar-refractivity contribution is -0.137. The van der Waals surface area contributed by atoms with Gasteiger partial charge in [0.25, 0.3) is 0 Å². The van der Waals surface area contributed by atoms with E-state index in [4.69, 9.17) is 9.47 Å². The van der Waals surface area contributed by atoms with Gasteiger partial charge in [-0.3, -0.25) is 9.59 Å². The van der Waals surface area contributed by atoms with E-state index in [1.807, 2.05) is 0 Å². The van der Waals surface area contributed by atoms with Gasteiger partial charge in [0.15, 0.2) is 0 Å². The van der Waals surface area contributed by atoms with Gasteiger partial charge >= 0.3 is 11.9 Å². The van der Waals surface area contributed by atoms with Crippen molar-refractivity contribution in [3.8, 4) is 11.5 Å². The fourth-order valence-corrected chi connectivity index (χ4v) is 5.63. The maximum Gasteiger partial charge on any atom is 0.314 e. The largest absolute Gasteiger partial charge is 0.426 e. The summed E-state index contributed by atoms with van der Waals surface area (Å²) >= 11 is 0. The minimum absolute atomic E-state index is 0.0892. The molecule has 5 atom stereocenters. The van der Waals surface area contributed by atoms with Gasteiger partial charge in [0.1, 0.15) is 11.5 Å². The van der Waals surface area contributed by atoms with Crippen molar-refractivity contribution < 1.29 is 19.1 Å². The smallest absolute Gasteiger partial charge is 0.314 e. The molecular formula is C22H26O4. The second-order valence-corrected chi connectivity index (χ2v) is 8.59. The van der Waals surface area contributed by atoms with Crippen LogP contribution in [0.25, 0.3) is 0 Å². The second kappa shape index (κ2) is 6.40. The first-order valence-electron chi connectivity index (χ1n) is 10.3. The molecule has 5 rings (SSSR count). The quantitative estimate of drug-likeness (QED) is 0.595. The fourth-order valence-electron chi connectivity index (χ4n) is 5.63. The number of fused-ring (bicyclic) bond motifs is 2. The molecule has 0 N–H and O–H groups in total. The highest BCUT2D eigenvalue weighted by Crippen LogP contribution is 2.56. The van der Waals surface area contributed by atoms with E-state index >= 15 is 0 Å². The Kier molecular flexibility index (Phi) is 4.02. The predicted molar refractivity (Wildman–Crippen MR) is 95.6 cm³/mol. The van der Waals surface area contributed by atoms with Crippen molar-refractivity contribution in [1.82, 2.24) is 0 Å². The van der Waals surface area contributed by atoms with Crippen molar-refractivity contribution in [2.45, 2.75) is 51.4 Å². The van der Waals surface area contributed by atoms with Crippen LogP contribution in [0.2, 0.25) is 0 Å². The molecule has 0 spiro atoms. The van der Waals surface area contributed by atoms with Crippen molar-refractivity contribution in [1.29, 1.82) is 0 Å². The van der Waals surface area contributed by atoms with Gasteiger partial charge in [-0.15, -0.1) is 0 Å². The summed E-state index contributed by atoms with van der Waals surface area (Å²) in [6, 6.07) is 6.91. The first-order valence-corrected chi connectivity index (χ1v) is 10.3. The van der Waals surface area contributed by atoms with E-state index in [0.29, 0.717) is 35.2 Å². The topological polar surface area (TPSA) is 52.6 Å². The van der Waals surface area contributed by atoms with Crippen LogP contribution in [0.4, 0.5) is 0 Å². The summed E-state index contributed by atoms with van der Waals surface area (Å²) in [5, 5.41) is 0. The number of benzene rings is 1. The zero-order valence-corrected chi connectivity index (χ0v) is 15.1. The van der Waals surface area contributed by atoms with Gasteiger partial charge < -0.3 is 9.47 Å². The molecule has 4 nitrogen and oxygen atoms in total. The fraction of sp³-hybridized carbons (Fsp3) is 0.636. The van der Waals surface area contributed by atoms with Gasteiger partial charge in [-0.1, -0.05) is 25.7 Å². The summed E-state index contributed by atoms with van der Waals surface area (Å²) in [6.45, 7) is 0. The van der Waals surface area contributed by atoms with Crippen molar-refractivity contribution in [2.24, 2.45) is 35.5 Å². The van der Waals surface area contributed by atoms with E-state index in [0.717, 1.165) is 0 Å². The van der Waals surface area contributed by atoms with Crippen LogP contribution in [-0.4, -0.2) is 11.9 Å². The Hall–Kier alpha value is -1.84. The summed E-state index contributed by atoms with van der Waals surface area (Å²) in [7, 11) is 0. The lowest BCUT2D eigenvalue weighted by Gasteiger charge is -2.07. The predicted octanol–water partition coefficient (Wildman–Crippen LogP) is 4.37. The molecule has 4 fully saturated rings. The molecular weight excluding hydrogens is 328 g/mol. The molecule has 138 valence electrons. The molecule has 0 heterocycles. The normalized spacial score (nSPS) is 37.1. The van der Waals surface area contributed by atoms with Crippen LogP contribution < -0.4 is 9.47 Å². The highest BCUT2D eigenvalue weighted by molar-refractivity contribution is 5.80. The van der Waals surface area contributed by atoms with Crippen molar-refractivity contribution in [3.63, 3.8) is 0 Å². The molecule has 4 saturated carbocycles. The van der Waals surface area contributed by atoms with Gasteiger partial charge in [-0.2, -0.15) is 0 Å². The van der Waals surface area contributed by atoms with Crippen LogP contribution in [0, 0.1) is 35.5 Å². The second-order valence-electron chi connectivity index (χ2n) is 8.59. The molecule has 0 aliphatic heterocycles. The first kappa shape index (κ1) is 16.3. The minimum atomic E-state index is -0.0892. The van der Waals surface area contributed by atoms with E-state index in [1.165, 1.54) is 51.4 Å². The highest BCUT2D eigenvalue weighted by atomic mass is 16.5. The average Bonchev–Trinajstić information content (AvgIpc) is 3.55. The molecule has 4 heteroatoms. The Labute approximate surface area is 154 Å². The minimum Gasteiger partial charge on any atom is -0.426 e.